The van der Waals surface area contributed by atoms with Gasteiger partial charge in [0.2, 0.25) is 0 Å². The fourth-order valence-corrected chi connectivity index (χ4v) is 1.46. The number of benzene rings is 1. The van der Waals surface area contributed by atoms with Gasteiger partial charge in [0, 0.05) is 6.54 Å². The average Bonchev–Trinajstić information content (AvgIpc) is 2.31. The fraction of sp³-hybridized carbons (Fsp3) is 0.364. The Balaban J connectivity index is 2.75. The number of nitrogens with one attached hydrogen (secondary N) is 2. The Morgan fingerprint density at radius 1 is 1.53 bits per heavy atom. The number of aliphatic hydroxyl groups excluding tert-OH is 1. The third-order valence-corrected chi connectivity index (χ3v) is 2.20. The number of amides is 2. The van der Waals surface area contributed by atoms with Crippen LogP contribution in [0.5, 0.6) is 5.75 Å². The van der Waals surface area contributed by atoms with E-state index in [9.17, 15) is 4.79 Å². The maximum Gasteiger partial charge on any atom is 0.319 e. The van der Waals surface area contributed by atoms with E-state index in [2.05, 4.69) is 10.6 Å². The normalized spacial score (nSPS) is 9.82. The number of halogens is 1. The monoisotopic (exact) mass is 258 g/mol. The van der Waals surface area contributed by atoms with Crippen LogP contribution in [-0.4, -0.2) is 30.9 Å². The molecule has 0 fully saturated rings. The van der Waals surface area contributed by atoms with Gasteiger partial charge in [0.1, 0.15) is 0 Å². The van der Waals surface area contributed by atoms with Crippen LogP contribution in [0.25, 0.3) is 0 Å². The van der Waals surface area contributed by atoms with E-state index in [-0.39, 0.29) is 13.2 Å². The first-order chi connectivity index (χ1) is 8.19. The smallest absolute Gasteiger partial charge is 0.319 e. The van der Waals surface area contributed by atoms with Crippen LogP contribution in [0.2, 0.25) is 5.02 Å². The summed E-state index contributed by atoms with van der Waals surface area (Å²) in [5.74, 6) is 0.441. The first-order valence-corrected chi connectivity index (χ1v) is 5.63. The van der Waals surface area contributed by atoms with Crippen LogP contribution in [0.1, 0.15) is 6.92 Å². The van der Waals surface area contributed by atoms with Crippen molar-refractivity contribution in [3.05, 3.63) is 23.2 Å². The van der Waals surface area contributed by atoms with Crippen molar-refractivity contribution in [1.29, 1.82) is 0 Å². The molecule has 0 aliphatic heterocycles. The first-order valence-electron chi connectivity index (χ1n) is 5.26. The highest BCUT2D eigenvalue weighted by atomic mass is 35.5. The lowest BCUT2D eigenvalue weighted by Crippen LogP contribution is -2.31. The predicted molar refractivity (Wildman–Crippen MR) is 66.7 cm³/mol. The standard InChI is InChI=1S/C11H15ClN2O3/c1-2-17-10-8(12)4-3-5-9(10)14-11(16)13-6-7-15/h3-5,15H,2,6-7H2,1H3,(H2,13,14,16). The van der Waals surface area contributed by atoms with Crippen LogP contribution in [0.3, 0.4) is 0 Å². The Labute approximate surface area is 105 Å². The second-order valence-corrected chi connectivity index (χ2v) is 3.56. The molecular weight excluding hydrogens is 244 g/mol. The fourth-order valence-electron chi connectivity index (χ4n) is 1.23. The highest BCUT2D eigenvalue weighted by molar-refractivity contribution is 6.32. The van der Waals surface area contributed by atoms with Gasteiger partial charge in [-0.3, -0.25) is 0 Å². The minimum absolute atomic E-state index is 0.110. The van der Waals surface area contributed by atoms with Gasteiger partial charge < -0.3 is 20.5 Å². The molecule has 0 aromatic heterocycles. The maximum absolute atomic E-state index is 11.4. The van der Waals surface area contributed by atoms with E-state index in [1.54, 1.807) is 18.2 Å². The van der Waals surface area contributed by atoms with E-state index in [0.29, 0.717) is 23.1 Å². The number of hydrogen-bond acceptors (Lipinski definition) is 3. The number of ether oxygens (including phenoxy) is 1. The molecule has 94 valence electrons. The quantitative estimate of drug-likeness (QED) is 0.755. The zero-order valence-corrected chi connectivity index (χ0v) is 10.3. The molecule has 0 aliphatic rings. The van der Waals surface area contributed by atoms with Crippen molar-refractivity contribution in [2.24, 2.45) is 0 Å². The summed E-state index contributed by atoms with van der Waals surface area (Å²) in [5.41, 5.74) is 0.495. The van der Waals surface area contributed by atoms with E-state index in [1.807, 2.05) is 6.92 Å². The lowest BCUT2D eigenvalue weighted by Gasteiger charge is -2.13. The van der Waals surface area contributed by atoms with E-state index >= 15 is 0 Å². The van der Waals surface area contributed by atoms with Crippen LogP contribution < -0.4 is 15.4 Å². The van der Waals surface area contributed by atoms with Crippen LogP contribution >= 0.6 is 11.6 Å². The summed E-state index contributed by atoms with van der Waals surface area (Å²) in [6.07, 6.45) is 0. The highest BCUT2D eigenvalue weighted by Crippen LogP contribution is 2.32. The van der Waals surface area contributed by atoms with E-state index in [0.717, 1.165) is 0 Å². The van der Waals surface area contributed by atoms with Gasteiger partial charge in [-0.2, -0.15) is 0 Å². The number of carbonyl (C=O) groups is 1. The average molecular weight is 259 g/mol. The molecule has 2 amide bonds. The molecule has 1 rings (SSSR count). The number of urea groups is 1. The van der Waals surface area contributed by atoms with Gasteiger partial charge in [0.15, 0.2) is 5.75 Å². The zero-order valence-electron chi connectivity index (χ0n) is 9.50. The molecule has 1 aromatic rings. The van der Waals surface area contributed by atoms with Crippen molar-refractivity contribution in [2.75, 3.05) is 25.1 Å². The minimum atomic E-state index is -0.415. The minimum Gasteiger partial charge on any atom is -0.490 e. The van der Waals surface area contributed by atoms with E-state index < -0.39 is 6.03 Å². The van der Waals surface area contributed by atoms with Crippen molar-refractivity contribution in [3.63, 3.8) is 0 Å². The summed E-state index contributed by atoms with van der Waals surface area (Å²) >= 11 is 5.96. The van der Waals surface area contributed by atoms with Crippen LogP contribution in [0.15, 0.2) is 18.2 Å². The van der Waals surface area contributed by atoms with E-state index in [4.69, 9.17) is 21.4 Å². The largest absolute Gasteiger partial charge is 0.490 e. The van der Waals surface area contributed by atoms with Gasteiger partial charge in [0.25, 0.3) is 0 Å². The predicted octanol–water partition coefficient (Wildman–Crippen LogP) is 1.85. The summed E-state index contributed by atoms with van der Waals surface area (Å²) < 4.78 is 5.35. The molecule has 6 heteroatoms. The number of para-hydroxylation sites is 1. The van der Waals surface area contributed by atoms with Gasteiger partial charge in [-0.05, 0) is 19.1 Å². The van der Waals surface area contributed by atoms with Crippen molar-refractivity contribution in [2.45, 2.75) is 6.92 Å². The third-order valence-electron chi connectivity index (χ3n) is 1.90. The lowest BCUT2D eigenvalue weighted by atomic mass is 10.3. The van der Waals surface area contributed by atoms with Crippen LogP contribution in [0, 0.1) is 0 Å². The van der Waals surface area contributed by atoms with Crippen molar-refractivity contribution in [3.8, 4) is 5.75 Å². The summed E-state index contributed by atoms with van der Waals surface area (Å²) in [6.45, 7) is 2.37. The van der Waals surface area contributed by atoms with Crippen molar-refractivity contribution < 1.29 is 14.6 Å². The molecule has 0 heterocycles. The molecule has 0 atom stereocenters. The van der Waals surface area contributed by atoms with Crippen molar-refractivity contribution >= 4 is 23.3 Å². The first kappa shape index (κ1) is 13.6. The molecule has 0 saturated carbocycles. The molecule has 0 radical (unpaired) electrons. The third kappa shape index (κ3) is 4.13. The summed E-state index contributed by atoms with van der Waals surface area (Å²) in [6, 6.07) is 4.67. The highest BCUT2D eigenvalue weighted by Gasteiger charge is 2.10. The van der Waals surface area contributed by atoms with Crippen molar-refractivity contribution in [1.82, 2.24) is 5.32 Å². The molecular formula is C11H15ClN2O3. The second-order valence-electron chi connectivity index (χ2n) is 3.15. The summed E-state index contributed by atoms with van der Waals surface area (Å²) in [7, 11) is 0. The lowest BCUT2D eigenvalue weighted by molar-refractivity contribution is 0.244. The Morgan fingerprint density at radius 3 is 2.94 bits per heavy atom. The van der Waals surface area contributed by atoms with E-state index in [1.165, 1.54) is 0 Å². The number of aliphatic hydroxyl groups is 1. The molecule has 3 N–H and O–H groups in total. The summed E-state index contributed by atoms with van der Waals surface area (Å²) in [5, 5.41) is 14.1. The second kappa shape index (κ2) is 6.98. The van der Waals surface area contributed by atoms with Gasteiger partial charge >= 0.3 is 6.03 Å². The van der Waals surface area contributed by atoms with Gasteiger partial charge in [0.05, 0.1) is 23.9 Å². The molecule has 1 aromatic carbocycles. The van der Waals surface area contributed by atoms with Gasteiger partial charge in [-0.1, -0.05) is 17.7 Å². The number of carbonyl (C=O) groups excluding carboxylic acids is 1. The molecule has 0 spiro atoms. The molecule has 0 saturated heterocycles. The Morgan fingerprint density at radius 2 is 2.29 bits per heavy atom. The SMILES string of the molecule is CCOc1c(Cl)cccc1NC(=O)NCCO. The van der Waals surface area contributed by atoms with Crippen LogP contribution in [-0.2, 0) is 0 Å². The number of anilines is 1. The Hall–Kier alpha value is -1.46. The topological polar surface area (TPSA) is 70.6 Å². The Bertz CT molecular complexity index is 385. The summed E-state index contributed by atoms with van der Waals surface area (Å²) in [4.78, 5) is 11.4. The molecule has 0 unspecified atom stereocenters. The maximum atomic E-state index is 11.4. The number of hydrogen-bond donors (Lipinski definition) is 3. The zero-order chi connectivity index (χ0) is 12.7. The number of rotatable bonds is 5. The van der Waals surface area contributed by atoms with Crippen LogP contribution in [0.4, 0.5) is 10.5 Å². The van der Waals surface area contributed by atoms with Gasteiger partial charge in [-0.15, -0.1) is 0 Å². The molecule has 5 nitrogen and oxygen atoms in total. The Kier molecular flexibility index (Phi) is 5.59. The van der Waals surface area contributed by atoms with Gasteiger partial charge in [-0.25, -0.2) is 4.79 Å². The molecule has 17 heavy (non-hydrogen) atoms. The molecule has 0 aliphatic carbocycles. The molecule has 0 bridgehead atoms.